The van der Waals surface area contributed by atoms with Crippen molar-refractivity contribution in [2.75, 3.05) is 61.4 Å². The van der Waals surface area contributed by atoms with E-state index in [0.717, 1.165) is 67.4 Å². The van der Waals surface area contributed by atoms with Gasteiger partial charge in [-0.05, 0) is 79.5 Å². The molecule has 0 radical (unpaired) electrons. The molecule has 10 rings (SSSR count). The van der Waals surface area contributed by atoms with Crippen molar-refractivity contribution in [1.29, 1.82) is 0 Å². The summed E-state index contributed by atoms with van der Waals surface area (Å²) in [5.74, 6) is -0.882. The molecule has 2 aromatic carbocycles. The second kappa shape index (κ2) is 14.0. The van der Waals surface area contributed by atoms with E-state index in [0.29, 0.717) is 52.7 Å². The number of nitrogens with one attached hydrogen (secondary N) is 3. The van der Waals surface area contributed by atoms with Gasteiger partial charge in [0.2, 0.25) is 17.7 Å². The molecule has 15 nitrogen and oxygen atoms in total. The van der Waals surface area contributed by atoms with Gasteiger partial charge in [0.15, 0.2) is 0 Å². The molecule has 16 heteroatoms. The van der Waals surface area contributed by atoms with Crippen molar-refractivity contribution in [2.24, 2.45) is 17.3 Å². The van der Waals surface area contributed by atoms with Gasteiger partial charge < -0.3 is 24.6 Å². The van der Waals surface area contributed by atoms with Crippen LogP contribution in [0.3, 0.4) is 0 Å². The van der Waals surface area contributed by atoms with Crippen molar-refractivity contribution in [1.82, 2.24) is 25.1 Å². The van der Waals surface area contributed by atoms with Gasteiger partial charge in [-0.3, -0.25) is 34.7 Å². The zero-order valence-electron chi connectivity index (χ0n) is 32.7. The summed E-state index contributed by atoms with van der Waals surface area (Å²) in [6.45, 7) is 9.48. The van der Waals surface area contributed by atoms with E-state index in [4.69, 9.17) is 9.47 Å². The van der Waals surface area contributed by atoms with E-state index in [1.807, 2.05) is 13.0 Å². The number of ether oxygens (including phenoxy) is 2. The summed E-state index contributed by atoms with van der Waals surface area (Å²) in [4.78, 5) is 78.1. The first-order chi connectivity index (χ1) is 28.4. The number of hydrogen-bond donors (Lipinski definition) is 3. The summed E-state index contributed by atoms with van der Waals surface area (Å²) in [7, 11) is 0. The number of fused-ring (bicyclic) bond motifs is 4. The van der Waals surface area contributed by atoms with E-state index in [1.54, 1.807) is 30.5 Å². The Balaban J connectivity index is 0.716. The van der Waals surface area contributed by atoms with Gasteiger partial charge >= 0.3 is 6.09 Å². The molecule has 59 heavy (non-hydrogen) atoms. The van der Waals surface area contributed by atoms with Crippen LogP contribution < -0.4 is 25.6 Å². The summed E-state index contributed by atoms with van der Waals surface area (Å²) >= 11 is 0. The van der Waals surface area contributed by atoms with E-state index < -0.39 is 41.6 Å². The Bertz CT molecular complexity index is 2490. The average Bonchev–Trinajstić information content (AvgIpc) is 3.43. The van der Waals surface area contributed by atoms with E-state index in [-0.39, 0.29) is 41.4 Å². The third-order valence-corrected chi connectivity index (χ3v) is 13.2. The predicted octanol–water partition coefficient (Wildman–Crippen LogP) is 4.74. The van der Waals surface area contributed by atoms with Crippen LogP contribution in [0.15, 0.2) is 48.8 Å². The standard InChI is InChI=1S/C43H43FN8O7/c1-22-30(18-47-39-36(22)45-9-12-58-39)28-13-24-15-34(46-17-25(24)14-32(28)44)48-42(57)59-37-31-20-50(21-43(31,37)2)19-23-7-10-51(11-8-23)26-3-4-27-29(16-26)41(56)52(40(27)55)33-5-6-35(53)49-38(33)54/h3-4,13-18,23,31,33,37,45H,5-12,19-21H2,1-2H3,(H,46,48,57)(H,49,53,54)/t31-,33?,37-,43?/m0/s1. The molecule has 5 aliphatic heterocycles. The number of carbonyl (C=O) groups excluding carboxylic acids is 5. The van der Waals surface area contributed by atoms with Gasteiger partial charge in [0, 0.05) is 91.6 Å². The third kappa shape index (κ3) is 6.40. The number of anilines is 3. The van der Waals surface area contributed by atoms with E-state index >= 15 is 4.39 Å². The maximum Gasteiger partial charge on any atom is 0.413 e. The first-order valence-electron chi connectivity index (χ1n) is 20.2. The number of aromatic nitrogens is 2. The lowest BCUT2D eigenvalue weighted by Crippen LogP contribution is -2.54. The zero-order chi connectivity index (χ0) is 40.7. The number of benzene rings is 2. The van der Waals surface area contributed by atoms with Gasteiger partial charge in [0.25, 0.3) is 11.8 Å². The minimum atomic E-state index is -0.989. The number of imide groups is 2. The Morgan fingerprint density at radius 1 is 0.983 bits per heavy atom. The van der Waals surface area contributed by atoms with Crippen molar-refractivity contribution in [3.8, 4) is 17.0 Å². The fourth-order valence-electron chi connectivity index (χ4n) is 9.88. The number of rotatable bonds is 7. The first kappa shape index (κ1) is 37.1. The topological polar surface area (TPSA) is 175 Å². The minimum Gasteiger partial charge on any atom is -0.474 e. The number of amides is 5. The molecule has 4 atom stereocenters. The van der Waals surface area contributed by atoms with Gasteiger partial charge in [-0.1, -0.05) is 6.92 Å². The van der Waals surface area contributed by atoms with Crippen LogP contribution in [0.25, 0.3) is 21.9 Å². The summed E-state index contributed by atoms with van der Waals surface area (Å²) in [5.41, 5.74) is 3.94. The van der Waals surface area contributed by atoms with Gasteiger partial charge in [0.05, 0.1) is 11.1 Å². The minimum absolute atomic E-state index is 0.0793. The number of piperidine rings is 3. The molecule has 7 heterocycles. The van der Waals surface area contributed by atoms with Crippen molar-refractivity contribution in [3.63, 3.8) is 0 Å². The normalized spacial score (nSPS) is 25.2. The summed E-state index contributed by atoms with van der Waals surface area (Å²) in [6.07, 6.45) is 4.53. The highest BCUT2D eigenvalue weighted by atomic mass is 19.1. The van der Waals surface area contributed by atoms with Crippen molar-refractivity contribution >= 4 is 57.7 Å². The molecule has 2 aromatic heterocycles. The fourth-order valence-corrected chi connectivity index (χ4v) is 9.88. The van der Waals surface area contributed by atoms with Crippen LogP contribution in [0.4, 0.5) is 26.4 Å². The highest BCUT2D eigenvalue weighted by molar-refractivity contribution is 6.23. The first-order valence-corrected chi connectivity index (χ1v) is 20.2. The van der Waals surface area contributed by atoms with Crippen LogP contribution >= 0.6 is 0 Å². The quantitative estimate of drug-likeness (QED) is 0.220. The third-order valence-electron chi connectivity index (χ3n) is 13.2. The highest BCUT2D eigenvalue weighted by Gasteiger charge is 2.68. The Kier molecular flexibility index (Phi) is 8.81. The summed E-state index contributed by atoms with van der Waals surface area (Å²) in [5, 5.41) is 9.62. The Morgan fingerprint density at radius 2 is 1.80 bits per heavy atom. The van der Waals surface area contributed by atoms with E-state index in [1.165, 1.54) is 12.3 Å². The smallest absolute Gasteiger partial charge is 0.413 e. The van der Waals surface area contributed by atoms with Crippen molar-refractivity contribution in [2.45, 2.75) is 51.7 Å². The molecule has 6 aliphatic rings. The molecule has 304 valence electrons. The Hall–Kier alpha value is -6.16. The van der Waals surface area contributed by atoms with Gasteiger partial charge in [-0.2, -0.15) is 0 Å². The Morgan fingerprint density at radius 3 is 2.58 bits per heavy atom. The van der Waals surface area contributed by atoms with Crippen molar-refractivity contribution < 1.29 is 37.8 Å². The van der Waals surface area contributed by atoms with Crippen LogP contribution in [-0.4, -0.2) is 108 Å². The molecule has 0 spiro atoms. The molecule has 4 fully saturated rings. The molecule has 3 saturated heterocycles. The maximum atomic E-state index is 15.4. The highest BCUT2D eigenvalue weighted by Crippen LogP contribution is 2.59. The number of pyridine rings is 2. The molecule has 4 aromatic rings. The average molecular weight is 803 g/mol. The van der Waals surface area contributed by atoms with E-state index in [9.17, 15) is 24.0 Å². The molecular formula is C43H43FN8O7. The lowest BCUT2D eigenvalue weighted by atomic mass is 9.95. The van der Waals surface area contributed by atoms with E-state index in [2.05, 4.69) is 42.6 Å². The molecule has 1 saturated carbocycles. The lowest BCUT2D eigenvalue weighted by Gasteiger charge is -2.36. The van der Waals surface area contributed by atoms with Gasteiger partial charge in [-0.25, -0.2) is 19.2 Å². The van der Waals surface area contributed by atoms with Crippen LogP contribution in [0.5, 0.6) is 5.88 Å². The molecule has 2 unspecified atom stereocenters. The second-order valence-corrected chi connectivity index (χ2v) is 16.9. The molecular weight excluding hydrogens is 760 g/mol. The largest absolute Gasteiger partial charge is 0.474 e. The molecule has 3 N–H and O–H groups in total. The summed E-state index contributed by atoms with van der Waals surface area (Å²) < 4.78 is 26.9. The van der Waals surface area contributed by atoms with Crippen molar-refractivity contribution in [3.05, 3.63) is 71.3 Å². The van der Waals surface area contributed by atoms with Gasteiger partial charge in [-0.15, -0.1) is 0 Å². The maximum absolute atomic E-state index is 15.4. The zero-order valence-corrected chi connectivity index (χ0v) is 32.7. The Labute approximate surface area is 338 Å². The molecule has 1 aliphatic carbocycles. The monoisotopic (exact) mass is 802 g/mol. The number of carbonyl (C=O) groups is 5. The number of likely N-dealkylation sites (tertiary alicyclic amines) is 1. The van der Waals surface area contributed by atoms with Crippen LogP contribution in [0.1, 0.15) is 58.9 Å². The lowest BCUT2D eigenvalue weighted by molar-refractivity contribution is -0.136. The molecule has 0 bridgehead atoms. The second-order valence-electron chi connectivity index (χ2n) is 16.9. The van der Waals surface area contributed by atoms with Crippen LogP contribution in [-0.2, 0) is 14.3 Å². The molecule has 5 amide bonds. The number of nitrogens with zero attached hydrogens (tertiary/aromatic N) is 5. The van der Waals surface area contributed by atoms with Crippen LogP contribution in [0.2, 0.25) is 0 Å². The van der Waals surface area contributed by atoms with Gasteiger partial charge in [0.1, 0.15) is 36.1 Å². The SMILES string of the molecule is Cc1c(-c2cc3cc(NC(=O)O[C@H]4[C@@H]5CN(CC6CCN(c7ccc8c(c7)C(=O)N(C7CCC(=O)NC7=O)C8=O)CC6)CC54C)ncc3cc2F)cnc2c1NCCO2. The number of halogens is 1. The van der Waals surface area contributed by atoms with Crippen LogP contribution in [0, 0.1) is 30.0 Å². The number of hydrogen-bond acceptors (Lipinski definition) is 12. The fraction of sp³-hybridized carbons (Fsp3) is 0.419. The summed E-state index contributed by atoms with van der Waals surface area (Å²) in [6, 6.07) is 9.19. The predicted molar refractivity (Wildman–Crippen MR) is 214 cm³/mol.